The van der Waals surface area contributed by atoms with Crippen LogP contribution in [0.25, 0.3) is 40.3 Å². The van der Waals surface area contributed by atoms with Gasteiger partial charge in [0.15, 0.2) is 0 Å². The summed E-state index contributed by atoms with van der Waals surface area (Å²) in [4.78, 5) is 0. The van der Waals surface area contributed by atoms with Crippen LogP contribution in [0.5, 0.6) is 0 Å². The zero-order valence-corrected chi connectivity index (χ0v) is 26.1. The first kappa shape index (κ1) is 26.9. The molecule has 0 unspecified atom stereocenters. The van der Waals surface area contributed by atoms with Gasteiger partial charge >= 0.3 is 30.2 Å². The summed E-state index contributed by atoms with van der Waals surface area (Å²) >= 11 is 5.17. The SMILES string of the molecule is Cc1[cH-]c2c(sc3ccccc32)c1C.Cc1[cH-]c2c(sc3ccccc32)c1C.[Si]=[Zr].[c-]1ccccc1. The summed E-state index contributed by atoms with van der Waals surface area (Å²) in [5, 5.41) is 5.67. The molecule has 0 aliphatic heterocycles. The fourth-order valence-electron chi connectivity index (χ4n) is 4.32. The van der Waals surface area contributed by atoms with E-state index in [0.29, 0.717) is 0 Å². The molecule has 36 heavy (non-hydrogen) atoms. The number of fused-ring (bicyclic) bond motifs is 6. The summed E-state index contributed by atoms with van der Waals surface area (Å²) < 4.78 is 5.73. The van der Waals surface area contributed by atoms with Crippen LogP contribution in [0.15, 0.2) is 91.0 Å². The van der Waals surface area contributed by atoms with Crippen molar-refractivity contribution in [3.63, 3.8) is 0 Å². The molecule has 0 nitrogen and oxygen atoms in total. The second kappa shape index (κ2) is 12.4. The average Bonchev–Trinajstić information content (AvgIpc) is 3.64. The number of thiophene rings is 2. The van der Waals surface area contributed by atoms with Gasteiger partial charge in [0, 0.05) is 0 Å². The van der Waals surface area contributed by atoms with E-state index in [4.69, 9.17) is 0 Å². The Morgan fingerprint density at radius 2 is 1.03 bits per heavy atom. The molecule has 0 aliphatic carbocycles. The molecule has 0 fully saturated rings. The molecule has 7 aromatic rings. The van der Waals surface area contributed by atoms with Gasteiger partial charge in [-0.1, -0.05) is 96.4 Å². The number of hydrogen-bond donors (Lipinski definition) is 0. The van der Waals surface area contributed by atoms with Gasteiger partial charge < -0.3 is 0 Å². The Kier molecular flexibility index (Phi) is 9.30. The Hall–Kier alpha value is -2.10. The van der Waals surface area contributed by atoms with Gasteiger partial charge in [-0.05, 0) is 9.40 Å². The van der Waals surface area contributed by atoms with E-state index in [1.165, 1.54) is 85.9 Å². The Morgan fingerprint density at radius 1 is 0.611 bits per heavy atom. The number of benzene rings is 3. The van der Waals surface area contributed by atoms with E-state index in [1.807, 2.05) is 53.0 Å². The Balaban J connectivity index is 0.000000131. The maximum absolute atomic E-state index is 3.06. The van der Waals surface area contributed by atoms with E-state index in [9.17, 15) is 0 Å². The van der Waals surface area contributed by atoms with Crippen LogP contribution in [0.2, 0.25) is 0 Å². The van der Waals surface area contributed by atoms with Crippen LogP contribution in [-0.2, 0) is 23.3 Å². The Bertz CT molecular complexity index is 1570. The van der Waals surface area contributed by atoms with E-state index < -0.39 is 0 Å². The molecule has 5 aromatic carbocycles. The summed E-state index contributed by atoms with van der Waals surface area (Å²) in [7, 11) is 0. The molecule has 4 heteroatoms. The zero-order valence-electron chi connectivity index (χ0n) is 21.0. The third-order valence-corrected chi connectivity index (χ3v) is 9.07. The van der Waals surface area contributed by atoms with Crippen LogP contribution in [0.4, 0.5) is 0 Å². The van der Waals surface area contributed by atoms with Crippen molar-refractivity contribution in [2.24, 2.45) is 0 Å². The number of rotatable bonds is 0. The van der Waals surface area contributed by atoms with Gasteiger partial charge in [0.2, 0.25) is 0 Å². The van der Waals surface area contributed by atoms with Crippen molar-refractivity contribution in [2.75, 3.05) is 0 Å². The quantitative estimate of drug-likeness (QED) is 0.121. The summed E-state index contributed by atoms with van der Waals surface area (Å²) in [6.07, 6.45) is 0. The minimum atomic E-state index is 1.36. The fraction of sp³-hybridized carbons (Fsp3) is 0.125. The zero-order chi connectivity index (χ0) is 25.7. The molecule has 2 radical (unpaired) electrons. The van der Waals surface area contributed by atoms with Crippen LogP contribution in [0, 0.1) is 33.8 Å². The van der Waals surface area contributed by atoms with Gasteiger partial charge in [0.1, 0.15) is 0 Å². The topological polar surface area (TPSA) is 0 Å². The maximum atomic E-state index is 3.06. The standard InChI is InChI=1S/2C13H11S.C6H5.Si.Zr/c2*1-8-7-11-10-5-3-4-6-12(10)14-13(11)9(8)2;1-2-4-6-5-3-1;;/h2*3-7H,1-2H3;1-5H;;/q3*-1;;. The van der Waals surface area contributed by atoms with Gasteiger partial charge in [-0.25, -0.2) is 22.7 Å². The first-order valence-electron chi connectivity index (χ1n) is 11.8. The predicted octanol–water partition coefficient (Wildman–Crippen LogP) is 9.88. The fourth-order valence-corrected chi connectivity index (χ4v) is 6.82. The Labute approximate surface area is 238 Å². The monoisotopic (exact) mass is 593 g/mol. The van der Waals surface area contributed by atoms with Crippen LogP contribution in [0.3, 0.4) is 0 Å². The van der Waals surface area contributed by atoms with Crippen molar-refractivity contribution < 1.29 is 23.3 Å². The summed E-state index contributed by atoms with van der Waals surface area (Å²) in [6.45, 7) is 11.9. The summed E-state index contributed by atoms with van der Waals surface area (Å²) in [5.41, 5.74) is 5.72. The van der Waals surface area contributed by atoms with Gasteiger partial charge in [0.05, 0.1) is 0 Å². The third-order valence-electron chi connectivity index (χ3n) is 6.46. The maximum Gasteiger partial charge on any atom is -0.171 e. The van der Waals surface area contributed by atoms with Crippen molar-refractivity contribution in [3.05, 3.63) is 119 Å². The van der Waals surface area contributed by atoms with Crippen molar-refractivity contribution in [3.8, 4) is 0 Å². The minimum absolute atomic E-state index is 1.36. The van der Waals surface area contributed by atoms with E-state index >= 15 is 0 Å². The van der Waals surface area contributed by atoms with Crippen LogP contribution in [-0.4, -0.2) is 6.88 Å². The average molecular weight is 595 g/mol. The molecule has 0 spiro atoms. The first-order chi connectivity index (χ1) is 17.5. The van der Waals surface area contributed by atoms with Crippen molar-refractivity contribution >= 4 is 69.9 Å². The van der Waals surface area contributed by atoms with Gasteiger partial charge in [-0.2, -0.15) is 36.4 Å². The van der Waals surface area contributed by atoms with Crippen LogP contribution in [0.1, 0.15) is 22.3 Å². The van der Waals surface area contributed by atoms with E-state index in [-0.39, 0.29) is 0 Å². The second-order valence-electron chi connectivity index (χ2n) is 8.66. The molecule has 7 rings (SSSR count). The smallest absolute Gasteiger partial charge is 0.171 e. The normalized spacial score (nSPS) is 10.4. The minimum Gasteiger partial charge on any atom is -0.184 e. The summed E-state index contributed by atoms with van der Waals surface area (Å²) in [5.74, 6) is 0. The molecule has 0 bridgehead atoms. The van der Waals surface area contributed by atoms with Gasteiger partial charge in [-0.3, -0.25) is 0 Å². The number of hydrogen-bond acceptors (Lipinski definition) is 2. The van der Waals surface area contributed by atoms with Crippen molar-refractivity contribution in [1.29, 1.82) is 0 Å². The number of aryl methyl sites for hydroxylation is 4. The van der Waals surface area contributed by atoms with Crippen LogP contribution < -0.4 is 0 Å². The van der Waals surface area contributed by atoms with Crippen molar-refractivity contribution in [1.82, 2.24) is 0 Å². The molecule has 0 saturated carbocycles. The largest absolute Gasteiger partial charge is 0.184 e. The molecule has 178 valence electrons. The molecule has 0 saturated heterocycles. The summed E-state index contributed by atoms with van der Waals surface area (Å²) in [6, 6.07) is 34.4. The molecule has 0 atom stereocenters. The predicted molar refractivity (Wildman–Crippen MR) is 160 cm³/mol. The van der Waals surface area contributed by atoms with E-state index in [2.05, 4.69) is 101 Å². The molecule has 0 N–H and O–H groups in total. The van der Waals surface area contributed by atoms with Crippen molar-refractivity contribution in [2.45, 2.75) is 27.7 Å². The Morgan fingerprint density at radius 3 is 1.39 bits per heavy atom. The molecule has 0 amide bonds. The first-order valence-corrected chi connectivity index (χ1v) is 17.6. The van der Waals surface area contributed by atoms with Crippen LogP contribution >= 0.6 is 22.7 Å². The second-order valence-corrected chi connectivity index (χ2v) is 10.8. The third kappa shape index (κ3) is 5.58. The molecule has 0 aliphatic rings. The van der Waals surface area contributed by atoms with E-state index in [0.717, 1.165) is 0 Å². The molecular weight excluding hydrogens is 568 g/mol. The van der Waals surface area contributed by atoms with E-state index in [1.54, 1.807) is 0 Å². The van der Waals surface area contributed by atoms with Gasteiger partial charge in [-0.15, -0.1) is 45.2 Å². The molecule has 2 aromatic heterocycles. The molecule has 2 heterocycles. The molecular formula is C32H27S2SiZr-3. The van der Waals surface area contributed by atoms with Gasteiger partial charge in [0.25, 0.3) is 0 Å².